The predicted octanol–water partition coefficient (Wildman–Crippen LogP) is 1.99. The van der Waals surface area contributed by atoms with Gasteiger partial charge in [0, 0.05) is 18.0 Å². The Hall–Kier alpha value is -1.50. The van der Waals surface area contributed by atoms with Gasteiger partial charge in [-0.05, 0) is 18.4 Å². The molecular formula is C12H13NO4S. The molecule has 2 aromatic rings. The van der Waals surface area contributed by atoms with Gasteiger partial charge < -0.3 is 0 Å². The van der Waals surface area contributed by atoms with Crippen molar-refractivity contribution in [2.24, 2.45) is 0 Å². The van der Waals surface area contributed by atoms with Gasteiger partial charge in [0.1, 0.15) is 0 Å². The summed E-state index contributed by atoms with van der Waals surface area (Å²) < 4.78 is 34.3. The second kappa shape index (κ2) is 5.01. The molecule has 18 heavy (non-hydrogen) atoms. The van der Waals surface area contributed by atoms with E-state index in [4.69, 9.17) is 4.55 Å². The minimum atomic E-state index is -4.42. The molecule has 0 aliphatic heterocycles. The summed E-state index contributed by atoms with van der Waals surface area (Å²) in [4.78, 5) is 4.22. The molecule has 1 N–H and O–H groups in total. The number of aromatic nitrogens is 1. The fraction of sp³-hybridized carbons (Fsp3) is 0.250. The molecular weight excluding hydrogens is 254 g/mol. The smallest absolute Gasteiger partial charge is 0.264 e. The van der Waals surface area contributed by atoms with E-state index in [0.29, 0.717) is 6.42 Å². The first-order valence-electron chi connectivity index (χ1n) is 5.44. The average Bonchev–Trinajstić information content (AvgIpc) is 2.27. The summed E-state index contributed by atoms with van der Waals surface area (Å²) in [5, 5.41) is 1.98. The highest BCUT2D eigenvalue weighted by Gasteiger charge is 2.14. The van der Waals surface area contributed by atoms with Crippen LogP contribution in [0.5, 0.6) is 0 Å². The molecule has 0 aliphatic carbocycles. The van der Waals surface area contributed by atoms with E-state index in [-0.39, 0.29) is 0 Å². The van der Waals surface area contributed by atoms with Crippen LogP contribution in [0, 0.1) is 0 Å². The molecule has 1 unspecified atom stereocenters. The Morgan fingerprint density at radius 1 is 1.33 bits per heavy atom. The van der Waals surface area contributed by atoms with Gasteiger partial charge in [-0.1, -0.05) is 24.3 Å². The molecule has 0 saturated carbocycles. The zero-order valence-electron chi connectivity index (χ0n) is 9.78. The van der Waals surface area contributed by atoms with Crippen molar-refractivity contribution in [1.82, 2.24) is 4.98 Å². The van der Waals surface area contributed by atoms with Crippen LogP contribution in [0.25, 0.3) is 10.8 Å². The van der Waals surface area contributed by atoms with Crippen LogP contribution in [0.4, 0.5) is 0 Å². The number of nitrogens with zero attached hydrogens (tertiary/aromatic N) is 1. The maximum atomic E-state index is 10.6. The quantitative estimate of drug-likeness (QED) is 0.857. The van der Waals surface area contributed by atoms with Gasteiger partial charge in [-0.25, -0.2) is 4.18 Å². The second-order valence-corrected chi connectivity index (χ2v) is 5.07. The standard InChI is InChI=1S/C12H13NO4S/c1-9(17-18(14,15)16)8-12-11-5-3-2-4-10(11)6-7-13-12/h2-7,9H,8H2,1H3,(H,14,15,16). The third-order valence-corrected chi connectivity index (χ3v) is 3.09. The van der Waals surface area contributed by atoms with Crippen molar-refractivity contribution in [2.45, 2.75) is 19.4 Å². The lowest BCUT2D eigenvalue weighted by atomic mass is 10.1. The monoisotopic (exact) mass is 267 g/mol. The summed E-state index contributed by atoms with van der Waals surface area (Å²) in [7, 11) is -4.42. The Balaban J connectivity index is 2.27. The van der Waals surface area contributed by atoms with Crippen molar-refractivity contribution in [3.8, 4) is 0 Å². The third kappa shape index (κ3) is 3.25. The largest absolute Gasteiger partial charge is 0.397 e. The molecule has 0 amide bonds. The van der Waals surface area contributed by atoms with E-state index >= 15 is 0 Å². The fourth-order valence-corrected chi connectivity index (χ4v) is 2.34. The Bertz CT molecular complexity index is 649. The van der Waals surface area contributed by atoms with E-state index in [0.717, 1.165) is 16.5 Å². The Labute approximate surface area is 105 Å². The Kier molecular flexibility index (Phi) is 3.60. The minimum Gasteiger partial charge on any atom is -0.264 e. The molecule has 1 heterocycles. The zero-order chi connectivity index (χ0) is 13.2. The molecule has 1 aromatic carbocycles. The van der Waals surface area contributed by atoms with Crippen LogP contribution in [-0.2, 0) is 21.0 Å². The number of benzene rings is 1. The molecule has 0 saturated heterocycles. The SMILES string of the molecule is CC(Cc1nccc2ccccc12)OS(=O)(=O)O. The zero-order valence-corrected chi connectivity index (χ0v) is 10.6. The number of hydrogen-bond acceptors (Lipinski definition) is 4. The topological polar surface area (TPSA) is 76.5 Å². The van der Waals surface area contributed by atoms with Crippen molar-refractivity contribution >= 4 is 21.2 Å². The van der Waals surface area contributed by atoms with E-state index in [9.17, 15) is 8.42 Å². The van der Waals surface area contributed by atoms with Gasteiger partial charge in [0.2, 0.25) is 0 Å². The van der Waals surface area contributed by atoms with Crippen LogP contribution in [0.3, 0.4) is 0 Å². The lowest BCUT2D eigenvalue weighted by Gasteiger charge is -2.11. The molecule has 0 fully saturated rings. The first-order chi connectivity index (χ1) is 8.46. The van der Waals surface area contributed by atoms with Crippen LogP contribution in [0.15, 0.2) is 36.5 Å². The lowest BCUT2D eigenvalue weighted by Crippen LogP contribution is -2.17. The molecule has 1 aromatic heterocycles. The molecule has 0 bridgehead atoms. The van der Waals surface area contributed by atoms with Gasteiger partial charge in [-0.2, -0.15) is 8.42 Å². The predicted molar refractivity (Wildman–Crippen MR) is 67.5 cm³/mol. The van der Waals surface area contributed by atoms with E-state index in [2.05, 4.69) is 9.17 Å². The molecule has 96 valence electrons. The van der Waals surface area contributed by atoms with Crippen molar-refractivity contribution in [1.29, 1.82) is 0 Å². The highest BCUT2D eigenvalue weighted by atomic mass is 32.3. The minimum absolute atomic E-state index is 0.307. The van der Waals surface area contributed by atoms with Crippen molar-refractivity contribution < 1.29 is 17.2 Å². The average molecular weight is 267 g/mol. The summed E-state index contributed by atoms with van der Waals surface area (Å²) in [5.74, 6) is 0. The fourth-order valence-electron chi connectivity index (χ4n) is 1.86. The van der Waals surface area contributed by atoms with Gasteiger partial charge in [0.25, 0.3) is 0 Å². The van der Waals surface area contributed by atoms with Gasteiger partial charge in [0.15, 0.2) is 0 Å². The molecule has 1 atom stereocenters. The van der Waals surface area contributed by atoms with Crippen LogP contribution in [0.2, 0.25) is 0 Å². The molecule has 5 nitrogen and oxygen atoms in total. The maximum Gasteiger partial charge on any atom is 0.397 e. The van der Waals surface area contributed by atoms with Crippen molar-refractivity contribution in [2.75, 3.05) is 0 Å². The summed E-state index contributed by atoms with van der Waals surface area (Å²) in [6.07, 6.45) is 1.30. The first-order valence-corrected chi connectivity index (χ1v) is 6.80. The van der Waals surface area contributed by atoms with E-state index in [1.165, 1.54) is 0 Å². The van der Waals surface area contributed by atoms with E-state index < -0.39 is 16.5 Å². The summed E-state index contributed by atoms with van der Waals surface area (Å²) in [6.45, 7) is 1.57. The summed E-state index contributed by atoms with van der Waals surface area (Å²) in [6, 6.07) is 9.56. The normalized spacial score (nSPS) is 13.7. The van der Waals surface area contributed by atoms with Gasteiger partial charge >= 0.3 is 10.4 Å². The molecule has 0 aliphatic rings. The summed E-state index contributed by atoms with van der Waals surface area (Å²) in [5.41, 5.74) is 0.740. The number of pyridine rings is 1. The van der Waals surface area contributed by atoms with Gasteiger partial charge in [-0.15, -0.1) is 0 Å². The van der Waals surface area contributed by atoms with Gasteiger partial charge in [0.05, 0.1) is 11.8 Å². The number of fused-ring (bicyclic) bond motifs is 1. The lowest BCUT2D eigenvalue weighted by molar-refractivity contribution is 0.197. The van der Waals surface area contributed by atoms with Crippen molar-refractivity contribution in [3.05, 3.63) is 42.2 Å². The second-order valence-electron chi connectivity index (χ2n) is 4.02. The van der Waals surface area contributed by atoms with E-state index in [1.807, 2.05) is 30.3 Å². The first kappa shape index (κ1) is 12.9. The van der Waals surface area contributed by atoms with Crippen LogP contribution in [-0.4, -0.2) is 24.1 Å². The summed E-state index contributed by atoms with van der Waals surface area (Å²) >= 11 is 0. The molecule has 6 heteroatoms. The van der Waals surface area contributed by atoms with Crippen LogP contribution >= 0.6 is 0 Å². The Morgan fingerprint density at radius 2 is 2.06 bits per heavy atom. The molecule has 0 spiro atoms. The number of rotatable bonds is 4. The third-order valence-electron chi connectivity index (χ3n) is 2.52. The van der Waals surface area contributed by atoms with Crippen molar-refractivity contribution in [3.63, 3.8) is 0 Å². The van der Waals surface area contributed by atoms with Crippen LogP contribution in [0.1, 0.15) is 12.6 Å². The maximum absolute atomic E-state index is 10.6. The van der Waals surface area contributed by atoms with Crippen LogP contribution < -0.4 is 0 Å². The van der Waals surface area contributed by atoms with Gasteiger partial charge in [-0.3, -0.25) is 9.54 Å². The molecule has 2 rings (SSSR count). The molecule has 0 radical (unpaired) electrons. The Morgan fingerprint density at radius 3 is 2.78 bits per heavy atom. The highest BCUT2D eigenvalue weighted by molar-refractivity contribution is 7.80. The number of hydrogen-bond donors (Lipinski definition) is 1. The highest BCUT2D eigenvalue weighted by Crippen LogP contribution is 2.18. The van der Waals surface area contributed by atoms with E-state index in [1.54, 1.807) is 13.1 Å².